The second-order valence-electron chi connectivity index (χ2n) is 14.2. The standard InChI is InChI=1S/2C7H12O.4C7H10O/c6*1-6-4-2-3-5-7(6)8/h2*6H,2-5H2,1H3;4H,2-3,5H2,1H3;2,4,6H,3,5H2,1H3;2*2-3,6H,4-5H2,1H3. The molecule has 6 rings (SSSR count). The summed E-state index contributed by atoms with van der Waals surface area (Å²) in [6, 6.07) is 0. The summed E-state index contributed by atoms with van der Waals surface area (Å²) in [5, 5.41) is 0. The molecule has 0 bridgehead atoms. The van der Waals surface area contributed by atoms with Gasteiger partial charge in [0.05, 0.1) is 0 Å². The van der Waals surface area contributed by atoms with Crippen molar-refractivity contribution in [2.24, 2.45) is 29.6 Å². The first kappa shape index (κ1) is 43.0. The number of ketones is 6. The molecule has 6 aliphatic carbocycles. The Morgan fingerprint density at radius 1 is 0.479 bits per heavy atom. The van der Waals surface area contributed by atoms with Crippen LogP contribution in [0.5, 0.6) is 0 Å². The summed E-state index contributed by atoms with van der Waals surface area (Å²) in [6.45, 7) is 11.8. The maximum Gasteiger partial charge on any atom is 0.158 e. The van der Waals surface area contributed by atoms with E-state index in [2.05, 4.69) is 18.2 Å². The number of allylic oxidation sites excluding steroid dienone is 8. The van der Waals surface area contributed by atoms with Crippen LogP contribution in [0.3, 0.4) is 0 Å². The number of hydrogen-bond donors (Lipinski definition) is 0. The molecule has 5 unspecified atom stereocenters. The molecular formula is C42H64O6. The Hall–Kier alpha value is -3.02. The fourth-order valence-corrected chi connectivity index (χ4v) is 5.73. The van der Waals surface area contributed by atoms with Gasteiger partial charge in [-0.15, -0.1) is 0 Å². The number of Topliss-reactive ketones (excluding diaryl/α,β-unsaturated/α-hetero) is 6. The van der Waals surface area contributed by atoms with Crippen LogP contribution in [-0.4, -0.2) is 34.7 Å². The van der Waals surface area contributed by atoms with E-state index in [-0.39, 0.29) is 17.8 Å². The minimum absolute atomic E-state index is 0.184. The Morgan fingerprint density at radius 2 is 0.979 bits per heavy atom. The first-order chi connectivity index (χ1) is 22.8. The number of rotatable bonds is 0. The lowest BCUT2D eigenvalue weighted by Gasteiger charge is -2.14. The van der Waals surface area contributed by atoms with Gasteiger partial charge in [0.2, 0.25) is 0 Å². The zero-order chi connectivity index (χ0) is 35.9. The van der Waals surface area contributed by atoms with Crippen molar-refractivity contribution in [1.82, 2.24) is 0 Å². The second-order valence-corrected chi connectivity index (χ2v) is 14.2. The number of carbonyl (C=O) groups is 6. The van der Waals surface area contributed by atoms with E-state index in [0.717, 1.165) is 89.0 Å². The first-order valence-electron chi connectivity index (χ1n) is 18.6. The highest BCUT2D eigenvalue weighted by atomic mass is 16.1. The normalized spacial score (nSPS) is 28.0. The molecule has 0 aromatic heterocycles. The van der Waals surface area contributed by atoms with Gasteiger partial charge in [-0.25, -0.2) is 0 Å². The molecule has 6 aliphatic rings. The highest BCUT2D eigenvalue weighted by Crippen LogP contribution is 2.20. The summed E-state index contributed by atoms with van der Waals surface area (Å²) in [5.41, 5.74) is 0.955. The van der Waals surface area contributed by atoms with Crippen molar-refractivity contribution < 1.29 is 28.8 Å². The third-order valence-electron chi connectivity index (χ3n) is 9.76. The van der Waals surface area contributed by atoms with Crippen molar-refractivity contribution in [3.05, 3.63) is 48.1 Å². The van der Waals surface area contributed by atoms with Gasteiger partial charge in [0, 0.05) is 68.1 Å². The summed E-state index contributed by atoms with van der Waals surface area (Å²) < 4.78 is 0. The van der Waals surface area contributed by atoms with Crippen molar-refractivity contribution in [2.45, 2.75) is 151 Å². The van der Waals surface area contributed by atoms with Gasteiger partial charge >= 0.3 is 0 Å². The van der Waals surface area contributed by atoms with Gasteiger partial charge in [-0.05, 0) is 70.3 Å². The van der Waals surface area contributed by atoms with Crippen LogP contribution in [0, 0.1) is 29.6 Å². The zero-order valence-corrected chi connectivity index (χ0v) is 30.9. The predicted molar refractivity (Wildman–Crippen MR) is 196 cm³/mol. The quantitative estimate of drug-likeness (QED) is 0.239. The molecule has 0 aromatic rings. The Balaban J connectivity index is 0.000000288. The van der Waals surface area contributed by atoms with Crippen molar-refractivity contribution in [2.75, 3.05) is 0 Å². The van der Waals surface area contributed by atoms with Gasteiger partial charge in [-0.3, -0.25) is 28.8 Å². The largest absolute Gasteiger partial charge is 0.299 e. The monoisotopic (exact) mass is 664 g/mol. The van der Waals surface area contributed by atoms with Crippen molar-refractivity contribution >= 4 is 34.7 Å². The highest BCUT2D eigenvalue weighted by Gasteiger charge is 2.17. The van der Waals surface area contributed by atoms with Gasteiger partial charge in [-0.1, -0.05) is 90.0 Å². The maximum absolute atomic E-state index is 10.8. The fraction of sp³-hybridized carbons (Fsp3) is 0.667. The molecule has 0 radical (unpaired) electrons. The lowest BCUT2D eigenvalue weighted by molar-refractivity contribution is -0.124. The fourth-order valence-electron chi connectivity index (χ4n) is 5.73. The van der Waals surface area contributed by atoms with E-state index in [1.807, 2.05) is 65.8 Å². The molecule has 0 amide bonds. The molecule has 268 valence electrons. The summed E-state index contributed by atoms with van der Waals surface area (Å²) in [6.07, 6.45) is 30.6. The maximum atomic E-state index is 10.8. The molecular weight excluding hydrogens is 600 g/mol. The highest BCUT2D eigenvalue weighted by molar-refractivity contribution is 5.95. The van der Waals surface area contributed by atoms with Gasteiger partial charge in [0.15, 0.2) is 5.78 Å². The molecule has 0 saturated heterocycles. The van der Waals surface area contributed by atoms with Crippen molar-refractivity contribution in [3.63, 3.8) is 0 Å². The minimum atomic E-state index is 0.184. The number of carbonyl (C=O) groups excluding carboxylic acids is 6. The van der Waals surface area contributed by atoms with Crippen molar-refractivity contribution in [1.29, 1.82) is 0 Å². The van der Waals surface area contributed by atoms with Crippen LogP contribution in [0.1, 0.15) is 151 Å². The molecule has 6 heteroatoms. The lowest BCUT2D eigenvalue weighted by Crippen LogP contribution is -2.14. The van der Waals surface area contributed by atoms with Crippen LogP contribution >= 0.6 is 0 Å². The minimum Gasteiger partial charge on any atom is -0.299 e. The van der Waals surface area contributed by atoms with Crippen LogP contribution in [0.2, 0.25) is 0 Å². The SMILES string of the molecule is CC1=CCCCC1=O.CC1C=CCCC1=O.CC1CC=CCC1=O.CC1CC=CCC1=O.CC1CCCCC1=O.CC1CCCCC1=O. The Bertz CT molecular complexity index is 1110. The molecule has 48 heavy (non-hydrogen) atoms. The van der Waals surface area contributed by atoms with Crippen LogP contribution in [-0.2, 0) is 28.8 Å². The third kappa shape index (κ3) is 19.1. The molecule has 0 aromatic carbocycles. The van der Waals surface area contributed by atoms with Crippen molar-refractivity contribution in [3.8, 4) is 0 Å². The Morgan fingerprint density at radius 3 is 1.23 bits per heavy atom. The predicted octanol–water partition coefficient (Wildman–Crippen LogP) is 9.84. The van der Waals surface area contributed by atoms with E-state index in [1.54, 1.807) is 0 Å². The summed E-state index contributed by atoms with van der Waals surface area (Å²) in [5.74, 6) is 3.88. The van der Waals surface area contributed by atoms with Gasteiger partial charge in [0.1, 0.15) is 28.9 Å². The van der Waals surface area contributed by atoms with Crippen LogP contribution in [0.15, 0.2) is 48.1 Å². The topological polar surface area (TPSA) is 102 Å². The van der Waals surface area contributed by atoms with E-state index in [0.29, 0.717) is 59.4 Å². The van der Waals surface area contributed by atoms with Crippen LogP contribution in [0.25, 0.3) is 0 Å². The van der Waals surface area contributed by atoms with E-state index in [4.69, 9.17) is 0 Å². The summed E-state index contributed by atoms with van der Waals surface area (Å²) in [4.78, 5) is 64.5. The third-order valence-corrected chi connectivity index (χ3v) is 9.76. The van der Waals surface area contributed by atoms with E-state index >= 15 is 0 Å². The smallest absolute Gasteiger partial charge is 0.158 e. The molecule has 2 fully saturated rings. The zero-order valence-electron chi connectivity index (χ0n) is 30.9. The average molecular weight is 665 g/mol. The second kappa shape index (κ2) is 25.0. The first-order valence-corrected chi connectivity index (χ1v) is 18.6. The molecule has 6 nitrogen and oxygen atoms in total. The molecule has 0 aliphatic heterocycles. The van der Waals surface area contributed by atoms with Gasteiger partial charge in [-0.2, -0.15) is 0 Å². The average Bonchev–Trinajstić information content (AvgIpc) is 3.07. The van der Waals surface area contributed by atoms with Gasteiger partial charge in [0.25, 0.3) is 0 Å². The number of hydrogen-bond acceptors (Lipinski definition) is 6. The van der Waals surface area contributed by atoms with Crippen LogP contribution < -0.4 is 0 Å². The molecule has 2 saturated carbocycles. The van der Waals surface area contributed by atoms with Crippen LogP contribution in [0.4, 0.5) is 0 Å². The van der Waals surface area contributed by atoms with E-state index < -0.39 is 0 Å². The van der Waals surface area contributed by atoms with E-state index in [1.165, 1.54) is 12.8 Å². The molecule has 0 N–H and O–H groups in total. The molecule has 5 atom stereocenters. The Labute approximate surface area is 291 Å². The summed E-state index contributed by atoms with van der Waals surface area (Å²) in [7, 11) is 0. The Kier molecular flexibility index (Phi) is 22.4. The molecule has 0 heterocycles. The lowest BCUT2D eigenvalue weighted by atomic mass is 9.90. The summed E-state index contributed by atoms with van der Waals surface area (Å²) >= 11 is 0. The molecule has 0 spiro atoms. The van der Waals surface area contributed by atoms with E-state index in [9.17, 15) is 28.8 Å². The van der Waals surface area contributed by atoms with Gasteiger partial charge < -0.3 is 0 Å².